The molecular formula is C9H10N2O3. The van der Waals surface area contributed by atoms with Crippen molar-refractivity contribution in [2.45, 2.75) is 0 Å². The Morgan fingerprint density at radius 3 is 2.86 bits per heavy atom. The minimum atomic E-state index is -0.335. The van der Waals surface area contributed by atoms with Crippen LogP contribution in [0.15, 0.2) is 12.3 Å². The molecule has 0 atom stereocenters. The van der Waals surface area contributed by atoms with Gasteiger partial charge in [-0.2, -0.15) is 0 Å². The van der Waals surface area contributed by atoms with Gasteiger partial charge in [0.2, 0.25) is 5.88 Å². The molecule has 1 heterocycles. The smallest absolute Gasteiger partial charge is 0.256 e. The number of nitrogens with zero attached hydrogens (tertiary/aromatic N) is 1. The number of hydrogen-bond donors (Lipinski definition) is 1. The molecule has 0 bridgehead atoms. The molecule has 0 radical (unpaired) electrons. The van der Waals surface area contributed by atoms with E-state index in [0.717, 1.165) is 0 Å². The van der Waals surface area contributed by atoms with Crippen LogP contribution in [0.25, 0.3) is 0 Å². The maximum Gasteiger partial charge on any atom is 0.256 e. The first-order valence-corrected chi connectivity index (χ1v) is 3.94. The van der Waals surface area contributed by atoms with Gasteiger partial charge in [-0.1, -0.05) is 0 Å². The van der Waals surface area contributed by atoms with E-state index in [1.807, 2.05) is 0 Å². The molecule has 0 aliphatic carbocycles. The number of amides is 1. The summed E-state index contributed by atoms with van der Waals surface area (Å²) in [6.45, 7) is 0. The number of hydrogen-bond acceptors (Lipinski definition) is 4. The lowest BCUT2D eigenvalue weighted by Crippen LogP contribution is -2.19. The first kappa shape index (κ1) is 10.2. The van der Waals surface area contributed by atoms with E-state index in [9.17, 15) is 9.59 Å². The molecule has 1 aromatic rings. The van der Waals surface area contributed by atoms with Crippen molar-refractivity contribution in [2.75, 3.05) is 14.2 Å². The van der Waals surface area contributed by atoms with Crippen LogP contribution in [0, 0.1) is 0 Å². The molecule has 5 heteroatoms. The van der Waals surface area contributed by atoms with E-state index in [-0.39, 0.29) is 17.4 Å². The van der Waals surface area contributed by atoms with E-state index in [1.165, 1.54) is 26.4 Å². The third-order valence-electron chi connectivity index (χ3n) is 1.67. The summed E-state index contributed by atoms with van der Waals surface area (Å²) in [5.74, 6) is -0.131. The van der Waals surface area contributed by atoms with E-state index in [1.54, 1.807) is 0 Å². The van der Waals surface area contributed by atoms with Crippen molar-refractivity contribution in [3.8, 4) is 5.88 Å². The fraction of sp³-hybridized carbons (Fsp3) is 0.222. The Morgan fingerprint density at radius 1 is 1.64 bits per heavy atom. The molecule has 14 heavy (non-hydrogen) atoms. The van der Waals surface area contributed by atoms with Crippen LogP contribution in [0.3, 0.4) is 0 Å². The van der Waals surface area contributed by atoms with Gasteiger partial charge in [0.05, 0.1) is 7.11 Å². The van der Waals surface area contributed by atoms with E-state index < -0.39 is 0 Å². The van der Waals surface area contributed by atoms with Crippen LogP contribution in [-0.2, 0) is 0 Å². The number of carbonyl (C=O) groups is 2. The molecule has 0 unspecified atom stereocenters. The quantitative estimate of drug-likeness (QED) is 0.701. The van der Waals surface area contributed by atoms with Gasteiger partial charge in [0.25, 0.3) is 5.91 Å². The third-order valence-corrected chi connectivity index (χ3v) is 1.67. The van der Waals surface area contributed by atoms with Gasteiger partial charge in [0, 0.05) is 18.8 Å². The van der Waals surface area contributed by atoms with Crippen molar-refractivity contribution < 1.29 is 14.3 Å². The van der Waals surface area contributed by atoms with Crippen molar-refractivity contribution in [1.82, 2.24) is 10.3 Å². The second-order valence-electron chi connectivity index (χ2n) is 2.52. The Hall–Kier alpha value is -1.91. The maximum absolute atomic E-state index is 11.3. The topological polar surface area (TPSA) is 68.3 Å². The summed E-state index contributed by atoms with van der Waals surface area (Å²) in [7, 11) is 2.91. The fourth-order valence-corrected chi connectivity index (χ4v) is 0.993. The normalized spacial score (nSPS) is 9.29. The summed E-state index contributed by atoms with van der Waals surface area (Å²) in [5, 5.41) is 2.43. The maximum atomic E-state index is 11.3. The van der Waals surface area contributed by atoms with Gasteiger partial charge in [-0.25, -0.2) is 4.98 Å². The summed E-state index contributed by atoms with van der Waals surface area (Å²) >= 11 is 0. The minimum Gasteiger partial charge on any atom is -0.480 e. The summed E-state index contributed by atoms with van der Waals surface area (Å²) < 4.78 is 4.88. The van der Waals surface area contributed by atoms with E-state index >= 15 is 0 Å². The van der Waals surface area contributed by atoms with Gasteiger partial charge in [0.15, 0.2) is 6.29 Å². The summed E-state index contributed by atoms with van der Waals surface area (Å²) in [6.07, 6.45) is 1.97. The van der Waals surface area contributed by atoms with Crippen LogP contribution < -0.4 is 10.1 Å². The van der Waals surface area contributed by atoms with E-state index in [4.69, 9.17) is 4.74 Å². The number of carbonyl (C=O) groups excluding carboxylic acids is 2. The number of methoxy groups -OCH3 is 1. The average molecular weight is 194 g/mol. The molecule has 0 saturated carbocycles. The zero-order valence-corrected chi connectivity index (χ0v) is 7.90. The van der Waals surface area contributed by atoms with Crippen molar-refractivity contribution in [2.24, 2.45) is 0 Å². The van der Waals surface area contributed by atoms with Crippen molar-refractivity contribution in [3.05, 3.63) is 23.4 Å². The Kier molecular flexibility index (Phi) is 3.17. The molecule has 1 amide bonds. The molecule has 0 saturated heterocycles. The van der Waals surface area contributed by atoms with Crippen LogP contribution in [0.4, 0.5) is 0 Å². The van der Waals surface area contributed by atoms with Crippen LogP contribution in [0.2, 0.25) is 0 Å². The Morgan fingerprint density at radius 2 is 2.36 bits per heavy atom. The highest BCUT2D eigenvalue weighted by Gasteiger charge is 2.12. The second-order valence-corrected chi connectivity index (χ2v) is 2.52. The molecule has 1 N–H and O–H groups in total. The zero-order valence-electron chi connectivity index (χ0n) is 7.90. The monoisotopic (exact) mass is 194 g/mol. The first-order chi connectivity index (χ1) is 6.72. The third kappa shape index (κ3) is 1.87. The first-order valence-electron chi connectivity index (χ1n) is 3.94. The van der Waals surface area contributed by atoms with Crippen molar-refractivity contribution >= 4 is 12.2 Å². The predicted molar refractivity (Wildman–Crippen MR) is 49.6 cm³/mol. The molecule has 1 rings (SSSR count). The average Bonchev–Trinajstić information content (AvgIpc) is 2.27. The van der Waals surface area contributed by atoms with Crippen LogP contribution in [0.5, 0.6) is 5.88 Å². The molecule has 5 nitrogen and oxygen atoms in total. The zero-order chi connectivity index (χ0) is 10.6. The van der Waals surface area contributed by atoms with Gasteiger partial charge in [-0.3, -0.25) is 9.59 Å². The number of nitrogens with one attached hydrogen (secondary N) is 1. The number of aromatic nitrogens is 1. The molecule has 1 aromatic heterocycles. The van der Waals surface area contributed by atoms with E-state index in [2.05, 4.69) is 10.3 Å². The van der Waals surface area contributed by atoms with Crippen molar-refractivity contribution in [1.29, 1.82) is 0 Å². The van der Waals surface area contributed by atoms with Gasteiger partial charge < -0.3 is 10.1 Å². The predicted octanol–water partition coefficient (Wildman–Crippen LogP) is 0.262. The molecule has 0 fully saturated rings. The van der Waals surface area contributed by atoms with Crippen molar-refractivity contribution in [3.63, 3.8) is 0 Å². The Balaban J connectivity index is 3.21. The lowest BCUT2D eigenvalue weighted by atomic mass is 10.2. The molecule has 0 aliphatic heterocycles. The standard InChI is InChI=1S/C9H10N2O3/c1-10-8(13)7-3-6(5-12)4-11-9(7)14-2/h3-5H,1-2H3,(H,10,13). The SMILES string of the molecule is CNC(=O)c1cc(C=O)cnc1OC. The highest BCUT2D eigenvalue weighted by Crippen LogP contribution is 2.14. The van der Waals surface area contributed by atoms with Crippen LogP contribution >= 0.6 is 0 Å². The molecule has 0 aromatic carbocycles. The summed E-state index contributed by atoms with van der Waals surface area (Å²) in [6, 6.07) is 1.43. The number of rotatable bonds is 3. The lowest BCUT2D eigenvalue weighted by molar-refractivity contribution is 0.0959. The second kappa shape index (κ2) is 4.36. The van der Waals surface area contributed by atoms with Gasteiger partial charge >= 0.3 is 0 Å². The molecule has 74 valence electrons. The Bertz CT molecular complexity index is 363. The summed E-state index contributed by atoms with van der Waals surface area (Å²) in [4.78, 5) is 25.6. The Labute approximate surface area is 81.1 Å². The van der Waals surface area contributed by atoms with E-state index in [0.29, 0.717) is 11.8 Å². The van der Waals surface area contributed by atoms with Crippen LogP contribution in [-0.4, -0.2) is 31.3 Å². The van der Waals surface area contributed by atoms with Gasteiger partial charge in [0.1, 0.15) is 5.56 Å². The fourth-order valence-electron chi connectivity index (χ4n) is 0.993. The summed E-state index contributed by atoms with van der Waals surface area (Å²) in [5.41, 5.74) is 0.587. The number of ether oxygens (including phenoxy) is 1. The number of aldehydes is 1. The van der Waals surface area contributed by atoms with Gasteiger partial charge in [-0.05, 0) is 6.07 Å². The molecular weight excluding hydrogens is 184 g/mol. The largest absolute Gasteiger partial charge is 0.480 e. The highest BCUT2D eigenvalue weighted by atomic mass is 16.5. The lowest BCUT2D eigenvalue weighted by Gasteiger charge is -2.05. The van der Waals surface area contributed by atoms with Gasteiger partial charge in [-0.15, -0.1) is 0 Å². The highest BCUT2D eigenvalue weighted by molar-refractivity contribution is 5.97. The van der Waals surface area contributed by atoms with Crippen LogP contribution in [0.1, 0.15) is 20.7 Å². The number of pyridine rings is 1. The molecule has 0 spiro atoms. The minimum absolute atomic E-state index is 0.204. The molecule has 0 aliphatic rings.